The van der Waals surface area contributed by atoms with E-state index in [0.29, 0.717) is 6.54 Å². The van der Waals surface area contributed by atoms with Gasteiger partial charge in [0.1, 0.15) is 5.75 Å². The van der Waals surface area contributed by atoms with Crippen LogP contribution in [0.25, 0.3) is 0 Å². The van der Waals surface area contributed by atoms with Crippen molar-refractivity contribution in [1.29, 1.82) is 0 Å². The molecule has 0 spiro atoms. The first-order valence-electron chi connectivity index (χ1n) is 9.21. The number of amides is 2. The van der Waals surface area contributed by atoms with E-state index in [1.165, 1.54) is 0 Å². The summed E-state index contributed by atoms with van der Waals surface area (Å²) in [6.45, 7) is 4.55. The Balaban J connectivity index is 1.73. The highest BCUT2D eigenvalue weighted by atomic mass is 16.5. The fourth-order valence-electron chi connectivity index (χ4n) is 3.39. The van der Waals surface area contributed by atoms with Crippen molar-refractivity contribution in [2.45, 2.75) is 52.0 Å². The van der Waals surface area contributed by atoms with Gasteiger partial charge in [-0.15, -0.1) is 0 Å². The molecule has 1 saturated carbocycles. The molecular formula is C20H30N2O3. The van der Waals surface area contributed by atoms with Crippen molar-refractivity contribution in [3.05, 3.63) is 29.8 Å². The zero-order chi connectivity index (χ0) is 18.2. The molecule has 5 heteroatoms. The van der Waals surface area contributed by atoms with Gasteiger partial charge < -0.3 is 15.4 Å². The Morgan fingerprint density at radius 3 is 2.28 bits per heavy atom. The number of para-hydroxylation sites is 1. The van der Waals surface area contributed by atoms with Crippen LogP contribution in [-0.2, 0) is 16.0 Å². The number of benzene rings is 1. The number of rotatable bonds is 7. The Kier molecular flexibility index (Phi) is 7.29. The van der Waals surface area contributed by atoms with E-state index < -0.39 is 0 Å². The maximum absolute atomic E-state index is 12.4. The van der Waals surface area contributed by atoms with Crippen LogP contribution in [0.1, 0.15) is 45.1 Å². The van der Waals surface area contributed by atoms with Crippen LogP contribution >= 0.6 is 0 Å². The van der Waals surface area contributed by atoms with Crippen LogP contribution in [0, 0.1) is 11.8 Å². The second kappa shape index (κ2) is 9.44. The third kappa shape index (κ3) is 5.76. The molecule has 0 unspecified atom stereocenters. The predicted molar refractivity (Wildman–Crippen MR) is 98.4 cm³/mol. The lowest BCUT2D eigenvalue weighted by Crippen LogP contribution is -2.39. The minimum atomic E-state index is 0.0285. The first kappa shape index (κ1) is 19.3. The second-order valence-electron chi connectivity index (χ2n) is 7.06. The van der Waals surface area contributed by atoms with Gasteiger partial charge in [-0.1, -0.05) is 18.2 Å². The molecular weight excluding hydrogens is 316 g/mol. The van der Waals surface area contributed by atoms with Crippen molar-refractivity contribution in [2.24, 2.45) is 11.8 Å². The van der Waals surface area contributed by atoms with E-state index in [4.69, 9.17) is 4.74 Å². The van der Waals surface area contributed by atoms with Crippen molar-refractivity contribution >= 4 is 11.8 Å². The Bertz CT molecular complexity index is 578. The molecule has 5 nitrogen and oxygen atoms in total. The monoisotopic (exact) mass is 346 g/mol. The van der Waals surface area contributed by atoms with Crippen molar-refractivity contribution in [2.75, 3.05) is 13.7 Å². The van der Waals surface area contributed by atoms with Gasteiger partial charge in [0, 0.05) is 24.4 Å². The van der Waals surface area contributed by atoms with Gasteiger partial charge in [0.2, 0.25) is 11.8 Å². The van der Waals surface area contributed by atoms with Gasteiger partial charge in [0.25, 0.3) is 0 Å². The van der Waals surface area contributed by atoms with E-state index in [1.54, 1.807) is 7.11 Å². The van der Waals surface area contributed by atoms with E-state index in [-0.39, 0.29) is 29.7 Å². The SMILES string of the molecule is COc1ccccc1CCNC(=O)C1CCC(C(=O)NC(C)C)CC1. The van der Waals surface area contributed by atoms with E-state index in [0.717, 1.165) is 43.4 Å². The summed E-state index contributed by atoms with van der Waals surface area (Å²) in [4.78, 5) is 24.4. The zero-order valence-electron chi connectivity index (χ0n) is 15.5. The standard InChI is InChI=1S/C20H30N2O3/c1-14(2)22-20(24)17-10-8-16(9-11-17)19(23)21-13-12-15-6-4-5-7-18(15)25-3/h4-7,14,16-17H,8-13H2,1-3H3,(H,21,23)(H,22,24). The molecule has 25 heavy (non-hydrogen) atoms. The average molecular weight is 346 g/mol. The van der Waals surface area contributed by atoms with Gasteiger partial charge in [-0.05, 0) is 57.6 Å². The molecule has 2 rings (SSSR count). The molecule has 0 aromatic heterocycles. The number of methoxy groups -OCH3 is 1. The summed E-state index contributed by atoms with van der Waals surface area (Å²) in [6.07, 6.45) is 3.92. The molecule has 1 aliphatic carbocycles. The average Bonchev–Trinajstić information content (AvgIpc) is 2.61. The fourth-order valence-corrected chi connectivity index (χ4v) is 3.39. The third-order valence-corrected chi connectivity index (χ3v) is 4.79. The van der Waals surface area contributed by atoms with Gasteiger partial charge in [0.15, 0.2) is 0 Å². The molecule has 0 aliphatic heterocycles. The number of carbonyl (C=O) groups is 2. The number of carbonyl (C=O) groups excluding carboxylic acids is 2. The molecule has 138 valence electrons. The molecule has 0 heterocycles. The van der Waals surface area contributed by atoms with Crippen molar-refractivity contribution in [1.82, 2.24) is 10.6 Å². The van der Waals surface area contributed by atoms with Gasteiger partial charge in [-0.25, -0.2) is 0 Å². The third-order valence-electron chi connectivity index (χ3n) is 4.79. The predicted octanol–water partition coefficient (Wildman–Crippen LogP) is 2.68. The van der Waals surface area contributed by atoms with Gasteiger partial charge >= 0.3 is 0 Å². The summed E-state index contributed by atoms with van der Waals surface area (Å²) in [5.74, 6) is 1.18. The molecule has 1 aliphatic rings. The minimum absolute atomic E-state index is 0.0285. The topological polar surface area (TPSA) is 67.4 Å². The van der Waals surface area contributed by atoms with Crippen molar-refractivity contribution < 1.29 is 14.3 Å². The van der Waals surface area contributed by atoms with Gasteiger partial charge in [0.05, 0.1) is 7.11 Å². The maximum atomic E-state index is 12.4. The molecule has 2 N–H and O–H groups in total. The van der Waals surface area contributed by atoms with Crippen LogP contribution in [0.5, 0.6) is 5.75 Å². The van der Waals surface area contributed by atoms with E-state index in [2.05, 4.69) is 10.6 Å². The maximum Gasteiger partial charge on any atom is 0.223 e. The minimum Gasteiger partial charge on any atom is -0.496 e. The molecule has 1 aromatic carbocycles. The Morgan fingerprint density at radius 2 is 1.68 bits per heavy atom. The lowest BCUT2D eigenvalue weighted by molar-refractivity contribution is -0.130. The number of hydrogen-bond donors (Lipinski definition) is 2. The van der Waals surface area contributed by atoms with Crippen LogP contribution in [0.3, 0.4) is 0 Å². The zero-order valence-corrected chi connectivity index (χ0v) is 15.5. The quantitative estimate of drug-likeness (QED) is 0.798. The highest BCUT2D eigenvalue weighted by Gasteiger charge is 2.29. The van der Waals surface area contributed by atoms with Crippen molar-refractivity contribution in [3.63, 3.8) is 0 Å². The smallest absolute Gasteiger partial charge is 0.223 e. The first-order chi connectivity index (χ1) is 12.0. The number of hydrogen-bond acceptors (Lipinski definition) is 3. The first-order valence-corrected chi connectivity index (χ1v) is 9.21. The van der Waals surface area contributed by atoms with Gasteiger partial charge in [-0.3, -0.25) is 9.59 Å². The summed E-state index contributed by atoms with van der Waals surface area (Å²) in [7, 11) is 1.66. The fraction of sp³-hybridized carbons (Fsp3) is 0.600. The summed E-state index contributed by atoms with van der Waals surface area (Å²) in [5.41, 5.74) is 1.10. The number of ether oxygens (including phenoxy) is 1. The highest BCUT2D eigenvalue weighted by Crippen LogP contribution is 2.29. The lowest BCUT2D eigenvalue weighted by atomic mass is 9.81. The largest absolute Gasteiger partial charge is 0.496 e. The van der Waals surface area contributed by atoms with Crippen LogP contribution in [-0.4, -0.2) is 31.5 Å². The summed E-state index contributed by atoms with van der Waals surface area (Å²) < 4.78 is 5.33. The highest BCUT2D eigenvalue weighted by molar-refractivity contribution is 5.81. The van der Waals surface area contributed by atoms with Crippen LogP contribution < -0.4 is 15.4 Å². The van der Waals surface area contributed by atoms with Crippen molar-refractivity contribution in [3.8, 4) is 5.75 Å². The van der Waals surface area contributed by atoms with Crippen LogP contribution in [0.4, 0.5) is 0 Å². The van der Waals surface area contributed by atoms with E-state index in [9.17, 15) is 9.59 Å². The van der Waals surface area contributed by atoms with E-state index >= 15 is 0 Å². The summed E-state index contributed by atoms with van der Waals surface area (Å²) in [5, 5.41) is 6.00. The van der Waals surface area contributed by atoms with Crippen LogP contribution in [0.2, 0.25) is 0 Å². The molecule has 1 aromatic rings. The molecule has 1 fully saturated rings. The lowest BCUT2D eigenvalue weighted by Gasteiger charge is -2.27. The molecule has 2 amide bonds. The Hall–Kier alpha value is -2.04. The molecule has 0 atom stereocenters. The summed E-state index contributed by atoms with van der Waals surface area (Å²) >= 11 is 0. The Morgan fingerprint density at radius 1 is 1.08 bits per heavy atom. The Labute approximate surface area is 150 Å². The number of nitrogens with one attached hydrogen (secondary N) is 2. The molecule has 0 radical (unpaired) electrons. The normalized spacial score (nSPS) is 20.2. The van der Waals surface area contributed by atoms with E-state index in [1.807, 2.05) is 38.1 Å². The second-order valence-corrected chi connectivity index (χ2v) is 7.06. The molecule has 0 saturated heterocycles. The molecule has 0 bridgehead atoms. The van der Waals surface area contributed by atoms with Crippen LogP contribution in [0.15, 0.2) is 24.3 Å². The summed E-state index contributed by atoms with van der Waals surface area (Å²) in [6, 6.07) is 8.03. The van der Waals surface area contributed by atoms with Gasteiger partial charge in [-0.2, -0.15) is 0 Å².